The maximum atomic E-state index is 13.3. The number of nitrogens with zero attached hydrogens (tertiary/aromatic N) is 2. The fourth-order valence-corrected chi connectivity index (χ4v) is 7.34. The third kappa shape index (κ3) is 5.83. The van der Waals surface area contributed by atoms with Crippen molar-refractivity contribution in [2.75, 3.05) is 13.7 Å². The zero-order valence-corrected chi connectivity index (χ0v) is 25.2. The molecule has 9 nitrogen and oxygen atoms in total. The lowest BCUT2D eigenvalue weighted by atomic mass is 9.47. The third-order valence-corrected chi connectivity index (χ3v) is 10.6. The van der Waals surface area contributed by atoms with Gasteiger partial charge in [-0.15, -0.1) is 6.58 Å². The van der Waals surface area contributed by atoms with E-state index in [1.54, 1.807) is 37.5 Å². The van der Waals surface area contributed by atoms with Gasteiger partial charge in [-0.1, -0.05) is 39.8 Å². The van der Waals surface area contributed by atoms with E-state index in [1.807, 2.05) is 13.8 Å². The van der Waals surface area contributed by atoms with E-state index in [0.717, 1.165) is 18.4 Å². The molecule has 4 rings (SSSR count). The first-order chi connectivity index (χ1) is 19.2. The van der Waals surface area contributed by atoms with E-state index >= 15 is 0 Å². The molecule has 3 aliphatic rings. The third-order valence-electron chi connectivity index (χ3n) is 10.6. The molecule has 1 aromatic carbocycles. The van der Waals surface area contributed by atoms with Crippen LogP contribution in [0.15, 0.2) is 36.0 Å². The number of aliphatic hydroxyl groups excluding tert-OH is 2. The van der Waals surface area contributed by atoms with Gasteiger partial charge in [0.1, 0.15) is 18.0 Å². The number of ether oxygens (including phenoxy) is 2. The van der Waals surface area contributed by atoms with Gasteiger partial charge < -0.3 is 29.6 Å². The van der Waals surface area contributed by atoms with Gasteiger partial charge in [-0.05, 0) is 79.4 Å². The number of hydrogen-bond acceptors (Lipinski definition) is 9. The molecule has 3 N–H and O–H groups in total. The van der Waals surface area contributed by atoms with Crippen molar-refractivity contribution < 1.29 is 34.3 Å². The Balaban J connectivity index is 1.59. The van der Waals surface area contributed by atoms with E-state index in [1.165, 1.54) is 11.8 Å². The molecule has 0 unspecified atom stereocenters. The van der Waals surface area contributed by atoms with Gasteiger partial charge in [0.05, 0.1) is 12.3 Å². The Hall–Kier alpha value is -2.69. The fourth-order valence-electron chi connectivity index (χ4n) is 7.34. The van der Waals surface area contributed by atoms with Crippen LogP contribution < -0.4 is 10.2 Å². The van der Waals surface area contributed by atoms with Crippen molar-refractivity contribution >= 4 is 30.5 Å². The minimum Gasteiger partial charge on any atom is -0.482 e. The second-order valence-electron chi connectivity index (χ2n) is 13.2. The molecule has 0 amide bonds. The molecule has 2 aliphatic carbocycles. The van der Waals surface area contributed by atoms with E-state index in [2.05, 4.69) is 25.5 Å². The lowest BCUT2D eigenvalue weighted by molar-refractivity contribution is -0.193. The van der Waals surface area contributed by atoms with Gasteiger partial charge in [0.25, 0.3) is 0 Å². The highest BCUT2D eigenvalue weighted by Gasteiger charge is 2.59. The molecule has 10 heteroatoms. The summed E-state index contributed by atoms with van der Waals surface area (Å²) < 4.78 is 12.0. The van der Waals surface area contributed by atoms with Crippen molar-refractivity contribution in [2.24, 2.45) is 33.2 Å². The zero-order chi connectivity index (χ0) is 30.3. The number of esters is 1. The molecule has 224 valence electrons. The summed E-state index contributed by atoms with van der Waals surface area (Å²) in [4.78, 5) is 26.8. The van der Waals surface area contributed by atoms with E-state index in [-0.39, 0.29) is 30.6 Å². The Morgan fingerprint density at radius 2 is 2.02 bits per heavy atom. The molecule has 1 aromatic rings. The Kier molecular flexibility index (Phi) is 8.79. The summed E-state index contributed by atoms with van der Waals surface area (Å²) in [6, 6.07) is 5.19. The summed E-state index contributed by atoms with van der Waals surface area (Å²) in [6.45, 7) is 13.3. The Bertz CT molecular complexity index is 1210. The van der Waals surface area contributed by atoms with Gasteiger partial charge in [0, 0.05) is 17.9 Å². The average Bonchev–Trinajstić information content (AvgIpc) is 2.94. The van der Waals surface area contributed by atoms with E-state index in [0.29, 0.717) is 24.1 Å². The highest BCUT2D eigenvalue weighted by atomic mass is 16.6. The molecule has 2 saturated carbocycles. The van der Waals surface area contributed by atoms with Crippen LogP contribution in [0.5, 0.6) is 5.75 Å². The van der Waals surface area contributed by atoms with Crippen LogP contribution in [-0.2, 0) is 14.3 Å². The molecular formula is C31H45BN2O7. The molecule has 0 radical (unpaired) electrons. The largest absolute Gasteiger partial charge is 0.482 e. The number of carbonyl (C=O) groups is 2. The van der Waals surface area contributed by atoms with E-state index in [9.17, 15) is 24.8 Å². The molecule has 0 saturated heterocycles. The zero-order valence-electron chi connectivity index (χ0n) is 25.2. The topological polar surface area (TPSA) is 129 Å². The van der Waals surface area contributed by atoms with Crippen LogP contribution in [-0.4, -0.2) is 77.1 Å². The second kappa shape index (κ2) is 11.5. The predicted octanol–water partition coefficient (Wildman–Crippen LogP) is 2.69. The molecule has 2 bridgehead atoms. The Morgan fingerprint density at radius 3 is 2.68 bits per heavy atom. The summed E-state index contributed by atoms with van der Waals surface area (Å²) in [7, 11) is 0.751. The maximum Gasteiger partial charge on any atom is 0.466 e. The number of hydrogen-bond donors (Lipinski definition) is 3. The highest BCUT2D eigenvalue weighted by molar-refractivity contribution is 6.65. The number of fused-ring (bicyclic) bond motifs is 3. The van der Waals surface area contributed by atoms with Gasteiger partial charge >= 0.3 is 13.0 Å². The van der Waals surface area contributed by atoms with Gasteiger partial charge in [0.15, 0.2) is 12.4 Å². The minimum absolute atomic E-state index is 0.195. The predicted molar refractivity (Wildman–Crippen MR) is 158 cm³/mol. The minimum atomic E-state index is -1.12. The van der Waals surface area contributed by atoms with Crippen LogP contribution in [0.4, 0.5) is 0 Å². The summed E-state index contributed by atoms with van der Waals surface area (Å²) in [5, 5.41) is 37.0. The first kappa shape index (κ1) is 31.3. The Morgan fingerprint density at radius 1 is 1.32 bits per heavy atom. The molecule has 1 aliphatic heterocycles. The molecule has 0 spiro atoms. The van der Waals surface area contributed by atoms with Gasteiger partial charge in [-0.3, -0.25) is 4.79 Å². The van der Waals surface area contributed by atoms with Gasteiger partial charge in [0.2, 0.25) is 0 Å². The van der Waals surface area contributed by atoms with Crippen molar-refractivity contribution in [3.8, 4) is 5.75 Å². The molecule has 41 heavy (non-hydrogen) atoms. The summed E-state index contributed by atoms with van der Waals surface area (Å²) in [5.74, 6) is -0.412. The summed E-state index contributed by atoms with van der Waals surface area (Å²) >= 11 is 0. The number of carbonyl (C=O) groups excluding carboxylic acids is 2. The van der Waals surface area contributed by atoms with Crippen molar-refractivity contribution in [3.05, 3.63) is 36.4 Å². The first-order valence-corrected chi connectivity index (χ1v) is 14.6. The number of rotatable bonds is 8. The summed E-state index contributed by atoms with van der Waals surface area (Å²) in [6.07, 6.45) is 3.74. The highest BCUT2D eigenvalue weighted by Crippen LogP contribution is 2.62. The standard InChI is InChI=1S/C31H45BN2O7/c1-8-29(5)15-26(41-27(37)17-40-23-10-9-22-16-33-34(7)32(39)24(22)13-23)30(6)18-31(12-11-19(30)2,20(3)28(29)38)14-25(36)21(4)35/h8-10,13,16,19-20,25-26,28,36,38-39H,1,11-12,14-15,17-18H2,2-7H3/t19-,20+,25+,26-,28+,29-,30+,31-/m1/s1. The molecule has 0 aromatic heterocycles. The number of hydrazone groups is 1. The van der Waals surface area contributed by atoms with Crippen LogP contribution in [0, 0.1) is 28.1 Å². The number of aliphatic hydroxyl groups is 2. The van der Waals surface area contributed by atoms with Crippen LogP contribution >= 0.6 is 0 Å². The molecular weight excluding hydrogens is 523 g/mol. The quantitative estimate of drug-likeness (QED) is 0.248. The first-order valence-electron chi connectivity index (χ1n) is 14.6. The Labute approximate surface area is 243 Å². The van der Waals surface area contributed by atoms with E-state index < -0.39 is 47.6 Å². The van der Waals surface area contributed by atoms with Gasteiger partial charge in [-0.2, -0.15) is 5.10 Å². The van der Waals surface area contributed by atoms with E-state index in [4.69, 9.17) is 9.47 Å². The number of Topliss-reactive ketones (excluding diaryl/α,β-unsaturated/α-hetero) is 1. The van der Waals surface area contributed by atoms with Crippen LogP contribution in [0.1, 0.15) is 72.3 Å². The number of ketones is 1. The maximum absolute atomic E-state index is 13.3. The van der Waals surface area contributed by atoms with Crippen molar-refractivity contribution in [3.63, 3.8) is 0 Å². The number of benzene rings is 1. The average molecular weight is 569 g/mol. The van der Waals surface area contributed by atoms with Gasteiger partial charge in [-0.25, -0.2) is 4.79 Å². The van der Waals surface area contributed by atoms with Crippen molar-refractivity contribution in [2.45, 2.75) is 85.0 Å². The lowest BCUT2D eigenvalue weighted by Crippen LogP contribution is -2.59. The fraction of sp³-hybridized carbons (Fsp3) is 0.645. The monoisotopic (exact) mass is 568 g/mol. The molecule has 1 heterocycles. The SMILES string of the molecule is C=C[C@]1(C)C[C@@H](OC(=O)COc2ccc3c(c2)B(O)N(C)N=C3)[C@@]2(C)C[C@](C[C@H](O)C(C)=O)(CC[C@H]2C)[C@@H](C)[C@@H]1O. The van der Waals surface area contributed by atoms with Crippen LogP contribution in [0.3, 0.4) is 0 Å². The summed E-state index contributed by atoms with van der Waals surface area (Å²) in [5.41, 5.74) is -0.348. The van der Waals surface area contributed by atoms with Crippen molar-refractivity contribution in [1.82, 2.24) is 4.92 Å². The van der Waals surface area contributed by atoms with Crippen molar-refractivity contribution in [1.29, 1.82) is 0 Å². The second-order valence-corrected chi connectivity index (χ2v) is 13.2. The normalized spacial score (nSPS) is 35.5. The van der Waals surface area contributed by atoms with Crippen LogP contribution in [0.2, 0.25) is 0 Å². The lowest BCUT2D eigenvalue weighted by Gasteiger charge is -2.60. The smallest absolute Gasteiger partial charge is 0.466 e. The molecule has 2 fully saturated rings. The molecule has 8 atom stereocenters. The van der Waals surface area contributed by atoms with Crippen LogP contribution in [0.25, 0.3) is 0 Å².